The number of benzene rings is 1. The van der Waals surface area contributed by atoms with Gasteiger partial charge in [0, 0.05) is 38.3 Å². The number of aromatic nitrogens is 3. The lowest BCUT2D eigenvalue weighted by molar-refractivity contribution is -0.136. The van der Waals surface area contributed by atoms with E-state index >= 15 is 0 Å². The molecule has 1 amide bonds. The summed E-state index contributed by atoms with van der Waals surface area (Å²) in [6, 6.07) is 4.35. The van der Waals surface area contributed by atoms with Crippen molar-refractivity contribution in [2.45, 2.75) is 57.8 Å². The Morgan fingerprint density at radius 2 is 1.97 bits per heavy atom. The Hall–Kier alpha value is -3.08. The quantitative estimate of drug-likeness (QED) is 0.568. The van der Waals surface area contributed by atoms with E-state index in [1.807, 2.05) is 13.8 Å². The van der Waals surface area contributed by atoms with Gasteiger partial charge >= 0.3 is 6.18 Å². The number of alkyl halides is 3. The number of rotatable bonds is 5. The molecule has 2 fully saturated rings. The monoisotopic (exact) mass is 490 g/mol. The van der Waals surface area contributed by atoms with Gasteiger partial charge in [-0.25, -0.2) is 4.98 Å². The number of halogens is 3. The summed E-state index contributed by atoms with van der Waals surface area (Å²) < 4.78 is 45.0. The fourth-order valence-electron chi connectivity index (χ4n) is 5.45. The van der Waals surface area contributed by atoms with Crippen molar-refractivity contribution in [3.05, 3.63) is 41.0 Å². The number of anilines is 1. The number of aryl methyl sites for hydroxylation is 2. The lowest BCUT2D eigenvalue weighted by Gasteiger charge is -2.37. The Morgan fingerprint density at radius 1 is 1.20 bits per heavy atom. The van der Waals surface area contributed by atoms with E-state index in [1.54, 1.807) is 0 Å². The number of hydrogen-bond acceptors (Lipinski definition) is 6. The maximum absolute atomic E-state index is 13.2. The SMILES string of the molecule is Cc1noc(C)c1N1CCC(N2CCC(NC(=O)Cc3nc4c(C(F)(F)F)cccc4[nH]3)C2)CC1. The van der Waals surface area contributed by atoms with E-state index in [-0.39, 0.29) is 35.2 Å². The number of piperidine rings is 1. The molecular weight excluding hydrogens is 461 g/mol. The van der Waals surface area contributed by atoms with E-state index in [0.717, 1.165) is 68.6 Å². The van der Waals surface area contributed by atoms with Crippen molar-refractivity contribution in [1.82, 2.24) is 25.3 Å². The zero-order valence-electron chi connectivity index (χ0n) is 19.8. The Labute approximate surface area is 200 Å². The third-order valence-corrected chi connectivity index (χ3v) is 7.07. The highest BCUT2D eigenvalue weighted by Gasteiger charge is 2.34. The predicted molar refractivity (Wildman–Crippen MR) is 124 cm³/mol. The number of nitrogens with one attached hydrogen (secondary N) is 2. The van der Waals surface area contributed by atoms with E-state index in [9.17, 15) is 18.0 Å². The molecule has 4 heterocycles. The minimum absolute atomic E-state index is 0.0261. The molecule has 5 rings (SSSR count). The van der Waals surface area contributed by atoms with Gasteiger partial charge in [0.15, 0.2) is 5.76 Å². The van der Waals surface area contributed by atoms with E-state index in [2.05, 4.69) is 30.2 Å². The Morgan fingerprint density at radius 3 is 2.66 bits per heavy atom. The van der Waals surface area contributed by atoms with Crippen LogP contribution >= 0.6 is 0 Å². The van der Waals surface area contributed by atoms with Gasteiger partial charge in [0.25, 0.3) is 0 Å². The molecule has 0 spiro atoms. The van der Waals surface area contributed by atoms with Gasteiger partial charge < -0.3 is 19.7 Å². The van der Waals surface area contributed by atoms with Gasteiger partial charge in [-0.2, -0.15) is 13.2 Å². The lowest BCUT2D eigenvalue weighted by atomic mass is 10.0. The number of carbonyl (C=O) groups excluding carboxylic acids is 1. The van der Waals surface area contributed by atoms with E-state index in [0.29, 0.717) is 6.04 Å². The van der Waals surface area contributed by atoms with Crippen LogP contribution in [0.2, 0.25) is 0 Å². The summed E-state index contributed by atoms with van der Waals surface area (Å²) in [7, 11) is 0. The molecule has 0 saturated carbocycles. The van der Waals surface area contributed by atoms with E-state index in [1.165, 1.54) is 12.1 Å². The van der Waals surface area contributed by atoms with Crippen molar-refractivity contribution in [3.8, 4) is 0 Å². The average Bonchev–Trinajstić information content (AvgIpc) is 3.51. The van der Waals surface area contributed by atoms with Crippen molar-refractivity contribution in [2.75, 3.05) is 31.1 Å². The summed E-state index contributed by atoms with van der Waals surface area (Å²) in [4.78, 5) is 24.3. The number of carbonyl (C=O) groups is 1. The number of fused-ring (bicyclic) bond motifs is 1. The molecule has 3 aromatic rings. The van der Waals surface area contributed by atoms with Crippen LogP contribution in [0.1, 0.15) is 42.1 Å². The fraction of sp³-hybridized carbons (Fsp3) is 0.542. The molecule has 1 atom stereocenters. The molecule has 0 bridgehead atoms. The van der Waals surface area contributed by atoms with Gasteiger partial charge in [-0.3, -0.25) is 9.69 Å². The minimum Gasteiger partial charge on any atom is -0.367 e. The van der Waals surface area contributed by atoms with Crippen molar-refractivity contribution in [1.29, 1.82) is 0 Å². The number of imidazole rings is 1. The molecule has 188 valence electrons. The van der Waals surface area contributed by atoms with Crippen LogP contribution < -0.4 is 10.2 Å². The minimum atomic E-state index is -4.50. The maximum Gasteiger partial charge on any atom is 0.418 e. The number of nitrogens with zero attached hydrogens (tertiary/aromatic N) is 4. The van der Waals surface area contributed by atoms with E-state index < -0.39 is 11.7 Å². The van der Waals surface area contributed by atoms with Gasteiger partial charge in [0.05, 0.1) is 17.5 Å². The van der Waals surface area contributed by atoms with Crippen molar-refractivity contribution >= 4 is 22.6 Å². The number of likely N-dealkylation sites (tertiary alicyclic amines) is 1. The second-order valence-electron chi connectivity index (χ2n) is 9.50. The highest BCUT2D eigenvalue weighted by molar-refractivity contribution is 5.82. The number of H-pyrrole nitrogens is 1. The van der Waals surface area contributed by atoms with Gasteiger partial charge in [-0.1, -0.05) is 11.2 Å². The van der Waals surface area contributed by atoms with Crippen molar-refractivity contribution in [2.24, 2.45) is 0 Å². The molecule has 1 aromatic carbocycles. The van der Waals surface area contributed by atoms with Crippen molar-refractivity contribution < 1.29 is 22.5 Å². The molecule has 11 heteroatoms. The second-order valence-corrected chi connectivity index (χ2v) is 9.50. The number of para-hydroxylation sites is 1. The second kappa shape index (κ2) is 9.18. The van der Waals surface area contributed by atoms with Crippen LogP contribution in [0, 0.1) is 13.8 Å². The third-order valence-electron chi connectivity index (χ3n) is 7.07. The molecule has 2 aliphatic heterocycles. The molecule has 0 radical (unpaired) electrons. The molecule has 2 aliphatic rings. The largest absolute Gasteiger partial charge is 0.418 e. The van der Waals surface area contributed by atoms with Crippen LogP contribution in [0.5, 0.6) is 0 Å². The van der Waals surface area contributed by atoms with Crippen LogP contribution in [-0.2, 0) is 17.4 Å². The first-order chi connectivity index (χ1) is 16.7. The summed E-state index contributed by atoms with van der Waals surface area (Å²) in [5, 5.41) is 7.10. The lowest BCUT2D eigenvalue weighted by Crippen LogP contribution is -2.46. The zero-order chi connectivity index (χ0) is 24.7. The first-order valence-electron chi connectivity index (χ1n) is 11.9. The molecule has 2 saturated heterocycles. The van der Waals surface area contributed by atoms with Crippen LogP contribution in [0.4, 0.5) is 18.9 Å². The molecule has 35 heavy (non-hydrogen) atoms. The molecule has 2 N–H and O–H groups in total. The molecule has 8 nitrogen and oxygen atoms in total. The van der Waals surface area contributed by atoms with Crippen LogP contribution in [0.3, 0.4) is 0 Å². The topological polar surface area (TPSA) is 90.3 Å². The first kappa shape index (κ1) is 23.7. The Kier molecular flexibility index (Phi) is 6.20. The number of aromatic amines is 1. The number of hydrogen-bond donors (Lipinski definition) is 2. The maximum atomic E-state index is 13.2. The van der Waals surface area contributed by atoms with Gasteiger partial charge in [-0.05, 0) is 45.2 Å². The summed E-state index contributed by atoms with van der Waals surface area (Å²) in [5.74, 6) is 0.845. The molecule has 0 aliphatic carbocycles. The van der Waals surface area contributed by atoms with Crippen LogP contribution in [0.25, 0.3) is 11.0 Å². The smallest absolute Gasteiger partial charge is 0.367 e. The summed E-state index contributed by atoms with van der Waals surface area (Å²) >= 11 is 0. The van der Waals surface area contributed by atoms with Crippen molar-refractivity contribution in [3.63, 3.8) is 0 Å². The predicted octanol–water partition coefficient (Wildman–Crippen LogP) is 3.59. The fourth-order valence-corrected chi connectivity index (χ4v) is 5.45. The Balaban J connectivity index is 1.13. The zero-order valence-corrected chi connectivity index (χ0v) is 19.8. The standard InChI is InChI=1S/C24H29F3N6O2/c1-14-23(15(2)35-31-14)32-10-7-17(8-11-32)33-9-6-16(13-33)28-21(34)12-20-29-19-5-3-4-18(22(19)30-20)24(25,26)27/h3-5,16-17H,6-13H2,1-2H3,(H,28,34)(H,29,30). The molecular formula is C24H29F3N6O2. The van der Waals surface area contributed by atoms with Gasteiger partial charge in [0.2, 0.25) is 5.91 Å². The summed E-state index contributed by atoms with van der Waals surface area (Å²) in [6.45, 7) is 7.47. The van der Waals surface area contributed by atoms with Crippen LogP contribution in [0.15, 0.2) is 22.7 Å². The van der Waals surface area contributed by atoms with Gasteiger partial charge in [-0.15, -0.1) is 0 Å². The normalized spacial score (nSPS) is 20.1. The van der Waals surface area contributed by atoms with Gasteiger partial charge in [0.1, 0.15) is 22.7 Å². The number of amides is 1. The first-order valence-corrected chi connectivity index (χ1v) is 11.9. The molecule has 2 aromatic heterocycles. The van der Waals surface area contributed by atoms with E-state index in [4.69, 9.17) is 4.52 Å². The third kappa shape index (κ3) is 4.86. The highest BCUT2D eigenvalue weighted by atomic mass is 19.4. The molecule has 1 unspecified atom stereocenters. The summed E-state index contributed by atoms with van der Waals surface area (Å²) in [6.07, 6.45) is -1.66. The Bertz CT molecular complexity index is 1190. The van der Waals surface area contributed by atoms with Crippen LogP contribution in [-0.4, -0.2) is 64.2 Å². The average molecular weight is 491 g/mol. The summed E-state index contributed by atoms with van der Waals surface area (Å²) in [5.41, 5.74) is 1.34. The highest BCUT2D eigenvalue weighted by Crippen LogP contribution is 2.34.